The molecule has 0 bridgehead atoms. The van der Waals surface area contributed by atoms with E-state index in [1.807, 2.05) is 42.7 Å². The Hall–Kier alpha value is -3.98. The molecule has 0 N–H and O–H groups in total. The van der Waals surface area contributed by atoms with Gasteiger partial charge in [0.1, 0.15) is 5.65 Å². The topological polar surface area (TPSA) is 73.6 Å². The summed E-state index contributed by atoms with van der Waals surface area (Å²) >= 11 is 0. The maximum Gasteiger partial charge on any atom is 0.231 e. The van der Waals surface area contributed by atoms with E-state index in [1.54, 1.807) is 14.2 Å². The quantitative estimate of drug-likeness (QED) is 0.422. The van der Waals surface area contributed by atoms with Crippen LogP contribution in [-0.2, 0) is 6.54 Å². The van der Waals surface area contributed by atoms with E-state index in [9.17, 15) is 0 Å². The van der Waals surface area contributed by atoms with Crippen molar-refractivity contribution in [3.63, 3.8) is 0 Å². The Kier molecular flexibility index (Phi) is 5.54. The van der Waals surface area contributed by atoms with E-state index in [1.165, 1.54) is 5.56 Å². The minimum atomic E-state index is 0.301. The first-order chi connectivity index (χ1) is 17.2. The zero-order valence-corrected chi connectivity index (χ0v) is 19.8. The van der Waals surface area contributed by atoms with Gasteiger partial charge < -0.3 is 23.8 Å². The molecule has 2 aliphatic rings. The van der Waals surface area contributed by atoms with Crippen LogP contribution < -0.4 is 23.8 Å². The Balaban J connectivity index is 1.22. The third kappa shape index (κ3) is 4.08. The van der Waals surface area contributed by atoms with Crippen LogP contribution in [0.25, 0.3) is 16.9 Å². The van der Waals surface area contributed by atoms with E-state index in [2.05, 4.69) is 31.3 Å². The van der Waals surface area contributed by atoms with E-state index < -0.39 is 0 Å². The number of anilines is 1. The molecular weight excluding hydrogens is 446 g/mol. The highest BCUT2D eigenvalue weighted by atomic mass is 16.7. The number of imidazole rings is 1. The molecule has 2 aliphatic heterocycles. The van der Waals surface area contributed by atoms with Gasteiger partial charge in [0.05, 0.1) is 19.9 Å². The number of hydrogen-bond donors (Lipinski definition) is 0. The summed E-state index contributed by atoms with van der Waals surface area (Å²) in [5.41, 5.74) is 3.90. The van der Waals surface area contributed by atoms with Crippen molar-refractivity contribution in [2.24, 2.45) is 0 Å². The Morgan fingerprint density at radius 3 is 2.54 bits per heavy atom. The average Bonchev–Trinajstić information content (AvgIpc) is 3.57. The molecule has 4 aromatic rings. The zero-order chi connectivity index (χ0) is 23.8. The van der Waals surface area contributed by atoms with Crippen LogP contribution in [0.3, 0.4) is 0 Å². The van der Waals surface area contributed by atoms with Gasteiger partial charge in [-0.3, -0.25) is 9.30 Å². The van der Waals surface area contributed by atoms with Crippen molar-refractivity contribution in [1.82, 2.24) is 19.3 Å². The summed E-state index contributed by atoms with van der Waals surface area (Å²) in [6.07, 6.45) is 3.78. The smallest absolute Gasteiger partial charge is 0.231 e. The summed E-state index contributed by atoms with van der Waals surface area (Å²) in [6.45, 7) is 4.81. The number of methoxy groups -OCH3 is 2. The predicted octanol–water partition coefficient (Wildman–Crippen LogP) is 3.46. The van der Waals surface area contributed by atoms with E-state index >= 15 is 0 Å². The van der Waals surface area contributed by atoms with Gasteiger partial charge in [-0.15, -0.1) is 0 Å². The second-order valence-corrected chi connectivity index (χ2v) is 8.62. The van der Waals surface area contributed by atoms with Crippen molar-refractivity contribution < 1.29 is 18.9 Å². The largest absolute Gasteiger partial charge is 0.493 e. The van der Waals surface area contributed by atoms with Crippen LogP contribution in [0.5, 0.6) is 23.0 Å². The van der Waals surface area contributed by atoms with E-state index in [0.29, 0.717) is 18.3 Å². The molecule has 0 atom stereocenters. The summed E-state index contributed by atoms with van der Waals surface area (Å²) in [5.74, 6) is 3.92. The molecule has 1 fully saturated rings. The fraction of sp³-hybridized carbons (Fsp3) is 0.308. The maximum absolute atomic E-state index is 5.53. The number of rotatable bonds is 6. The number of fused-ring (bicyclic) bond motifs is 2. The van der Waals surface area contributed by atoms with Crippen molar-refractivity contribution in [1.29, 1.82) is 0 Å². The molecule has 0 spiro atoms. The van der Waals surface area contributed by atoms with Gasteiger partial charge in [-0.1, -0.05) is 6.07 Å². The number of hydrogen-bond acceptors (Lipinski definition) is 8. The highest BCUT2D eigenvalue weighted by molar-refractivity contribution is 5.69. The Bertz CT molecular complexity index is 1360. The van der Waals surface area contributed by atoms with E-state index in [0.717, 1.165) is 67.1 Å². The van der Waals surface area contributed by atoms with Gasteiger partial charge in [0, 0.05) is 56.7 Å². The number of piperazine rings is 1. The van der Waals surface area contributed by atoms with Crippen LogP contribution in [0, 0.1) is 0 Å². The normalized spacial score (nSPS) is 15.5. The molecule has 9 nitrogen and oxygen atoms in total. The predicted molar refractivity (Wildman–Crippen MR) is 132 cm³/mol. The summed E-state index contributed by atoms with van der Waals surface area (Å²) in [5, 5.41) is 0. The molecule has 9 heteroatoms. The molecule has 2 aromatic heterocycles. The Labute approximate surface area is 203 Å². The molecule has 2 aromatic carbocycles. The lowest BCUT2D eigenvalue weighted by Gasteiger charge is -2.35. The van der Waals surface area contributed by atoms with Crippen LogP contribution in [0.15, 0.2) is 54.9 Å². The fourth-order valence-electron chi connectivity index (χ4n) is 4.68. The maximum atomic E-state index is 5.53. The van der Waals surface area contributed by atoms with Gasteiger partial charge in [-0.25, -0.2) is 9.97 Å². The summed E-state index contributed by atoms with van der Waals surface area (Å²) < 4.78 is 23.9. The molecule has 0 saturated carbocycles. The van der Waals surface area contributed by atoms with Crippen molar-refractivity contribution in [2.75, 3.05) is 52.1 Å². The zero-order valence-electron chi connectivity index (χ0n) is 19.8. The average molecular weight is 474 g/mol. The van der Waals surface area contributed by atoms with Crippen molar-refractivity contribution >= 4 is 11.6 Å². The van der Waals surface area contributed by atoms with Crippen LogP contribution in [0.2, 0.25) is 0 Å². The van der Waals surface area contributed by atoms with Crippen LogP contribution in [-0.4, -0.2) is 66.5 Å². The molecule has 6 rings (SSSR count). The van der Waals surface area contributed by atoms with Crippen molar-refractivity contribution in [3.8, 4) is 34.3 Å². The van der Waals surface area contributed by atoms with E-state index in [4.69, 9.17) is 23.9 Å². The molecule has 180 valence electrons. The number of ether oxygens (including phenoxy) is 4. The minimum Gasteiger partial charge on any atom is -0.493 e. The molecule has 1 saturated heterocycles. The third-order valence-corrected chi connectivity index (χ3v) is 6.55. The number of benzene rings is 2. The minimum absolute atomic E-state index is 0.301. The Morgan fingerprint density at radius 1 is 0.886 bits per heavy atom. The molecule has 0 radical (unpaired) electrons. The van der Waals surface area contributed by atoms with Gasteiger partial charge in [0.2, 0.25) is 12.7 Å². The first kappa shape index (κ1) is 21.5. The molecular formula is C26H27N5O4. The molecule has 4 heterocycles. The lowest BCUT2D eigenvalue weighted by atomic mass is 10.1. The number of nitrogens with zero attached hydrogens (tertiary/aromatic N) is 5. The van der Waals surface area contributed by atoms with Crippen LogP contribution in [0.1, 0.15) is 5.56 Å². The lowest BCUT2D eigenvalue weighted by Crippen LogP contribution is -2.46. The van der Waals surface area contributed by atoms with Gasteiger partial charge >= 0.3 is 0 Å². The monoisotopic (exact) mass is 473 g/mol. The summed E-state index contributed by atoms with van der Waals surface area (Å²) in [6, 6.07) is 14.0. The van der Waals surface area contributed by atoms with Crippen molar-refractivity contribution in [2.45, 2.75) is 6.54 Å². The molecule has 0 aliphatic carbocycles. The third-order valence-electron chi connectivity index (χ3n) is 6.55. The van der Waals surface area contributed by atoms with Gasteiger partial charge in [-0.2, -0.15) is 0 Å². The molecule has 0 amide bonds. The lowest BCUT2D eigenvalue weighted by molar-refractivity contribution is 0.174. The van der Waals surface area contributed by atoms with Crippen LogP contribution in [0.4, 0.5) is 5.95 Å². The SMILES string of the molecule is COc1ccc(-c2cc3nccn3c(N3CCN(Cc4ccc5c(c4)OCO5)CC3)n2)cc1OC. The first-order valence-corrected chi connectivity index (χ1v) is 11.6. The standard InChI is InChI=1S/C26H27N5O4/c1-32-21-6-4-19(14-23(21)33-2)20-15-25-27-7-8-31(25)26(28-20)30-11-9-29(10-12-30)16-18-3-5-22-24(13-18)35-17-34-22/h3-8,13-15H,9-12,16-17H2,1-2H3. The summed E-state index contributed by atoms with van der Waals surface area (Å²) in [7, 11) is 3.28. The first-order valence-electron chi connectivity index (χ1n) is 11.6. The highest BCUT2D eigenvalue weighted by Crippen LogP contribution is 2.34. The second-order valence-electron chi connectivity index (χ2n) is 8.62. The Morgan fingerprint density at radius 2 is 1.71 bits per heavy atom. The van der Waals surface area contributed by atoms with Gasteiger partial charge in [0.25, 0.3) is 0 Å². The highest BCUT2D eigenvalue weighted by Gasteiger charge is 2.22. The number of aromatic nitrogens is 3. The fourth-order valence-corrected chi connectivity index (χ4v) is 4.68. The molecule has 0 unspecified atom stereocenters. The van der Waals surface area contributed by atoms with E-state index in [-0.39, 0.29) is 0 Å². The van der Waals surface area contributed by atoms with Crippen LogP contribution >= 0.6 is 0 Å². The summed E-state index contributed by atoms with van der Waals surface area (Å²) in [4.78, 5) is 14.4. The molecule has 35 heavy (non-hydrogen) atoms. The van der Waals surface area contributed by atoms with Gasteiger partial charge in [0.15, 0.2) is 23.0 Å². The second kappa shape index (κ2) is 8.99. The van der Waals surface area contributed by atoms with Crippen molar-refractivity contribution in [3.05, 3.63) is 60.4 Å². The van der Waals surface area contributed by atoms with Gasteiger partial charge in [-0.05, 0) is 35.9 Å².